The molecule has 6 nitrogen and oxygen atoms in total. The van der Waals surface area contributed by atoms with Crippen molar-refractivity contribution in [1.82, 2.24) is 14.9 Å². The molecule has 122 valence electrons. The summed E-state index contributed by atoms with van der Waals surface area (Å²) in [5.41, 5.74) is 5.79. The Morgan fingerprint density at radius 2 is 1.96 bits per heavy atom. The standard InChI is InChI=1S/C16H20N4O2S/c1-16(2,14(17)22)10-19-13(21)12-9-18-15(23-3)20(12)11-7-5-4-6-8-11/h4-9H,10H2,1-3H3,(H2,17,22)(H,19,21). The number of hydrogen-bond donors (Lipinski definition) is 2. The number of nitrogens with two attached hydrogens (primary N) is 1. The molecule has 0 spiro atoms. The molecule has 0 aliphatic heterocycles. The number of para-hydroxylation sites is 1. The highest BCUT2D eigenvalue weighted by Crippen LogP contribution is 2.22. The molecule has 0 saturated heterocycles. The molecule has 2 amide bonds. The lowest BCUT2D eigenvalue weighted by atomic mass is 9.93. The zero-order valence-corrected chi connectivity index (χ0v) is 14.2. The van der Waals surface area contributed by atoms with Crippen molar-refractivity contribution >= 4 is 23.6 Å². The van der Waals surface area contributed by atoms with Crippen molar-refractivity contribution in [1.29, 1.82) is 0 Å². The van der Waals surface area contributed by atoms with Crippen LogP contribution in [-0.4, -0.2) is 34.2 Å². The van der Waals surface area contributed by atoms with E-state index in [4.69, 9.17) is 5.73 Å². The first-order valence-corrected chi connectivity index (χ1v) is 8.34. The number of rotatable bonds is 6. The van der Waals surface area contributed by atoms with Crippen LogP contribution in [0.1, 0.15) is 24.3 Å². The molecular formula is C16H20N4O2S. The van der Waals surface area contributed by atoms with Gasteiger partial charge in [0.05, 0.1) is 11.6 Å². The molecule has 2 aromatic rings. The van der Waals surface area contributed by atoms with Crippen molar-refractivity contribution in [2.75, 3.05) is 12.8 Å². The van der Waals surface area contributed by atoms with Gasteiger partial charge in [-0.15, -0.1) is 0 Å². The predicted molar refractivity (Wildman–Crippen MR) is 90.7 cm³/mol. The van der Waals surface area contributed by atoms with Crippen LogP contribution in [0.3, 0.4) is 0 Å². The number of nitrogens with one attached hydrogen (secondary N) is 1. The van der Waals surface area contributed by atoms with Gasteiger partial charge in [-0.25, -0.2) is 4.98 Å². The summed E-state index contributed by atoms with van der Waals surface area (Å²) in [4.78, 5) is 28.1. The Balaban J connectivity index is 2.28. The average Bonchev–Trinajstić information content (AvgIpc) is 2.97. The van der Waals surface area contributed by atoms with Crippen LogP contribution in [-0.2, 0) is 4.79 Å². The number of primary amides is 1. The Morgan fingerprint density at radius 1 is 1.30 bits per heavy atom. The molecule has 3 N–H and O–H groups in total. The fourth-order valence-electron chi connectivity index (χ4n) is 1.94. The summed E-state index contributed by atoms with van der Waals surface area (Å²) in [6.07, 6.45) is 3.44. The smallest absolute Gasteiger partial charge is 0.269 e. The van der Waals surface area contributed by atoms with Crippen molar-refractivity contribution in [2.24, 2.45) is 11.1 Å². The van der Waals surface area contributed by atoms with Crippen LogP contribution in [0.2, 0.25) is 0 Å². The van der Waals surface area contributed by atoms with Crippen molar-refractivity contribution in [3.63, 3.8) is 0 Å². The molecule has 23 heavy (non-hydrogen) atoms. The maximum atomic E-state index is 12.5. The zero-order valence-electron chi connectivity index (χ0n) is 13.4. The second-order valence-electron chi connectivity index (χ2n) is 5.73. The molecule has 0 fully saturated rings. The molecule has 2 rings (SSSR count). The maximum absolute atomic E-state index is 12.5. The molecule has 7 heteroatoms. The topological polar surface area (TPSA) is 90.0 Å². The van der Waals surface area contributed by atoms with Crippen molar-refractivity contribution < 1.29 is 9.59 Å². The summed E-state index contributed by atoms with van der Waals surface area (Å²) in [7, 11) is 0. The van der Waals surface area contributed by atoms with Crippen molar-refractivity contribution in [2.45, 2.75) is 19.0 Å². The van der Waals surface area contributed by atoms with Crippen LogP contribution >= 0.6 is 11.8 Å². The van der Waals surface area contributed by atoms with E-state index in [-0.39, 0.29) is 12.5 Å². The molecule has 0 unspecified atom stereocenters. The molecule has 1 aromatic heterocycles. The Morgan fingerprint density at radius 3 is 2.52 bits per heavy atom. The molecule has 0 aliphatic carbocycles. The fraction of sp³-hybridized carbons (Fsp3) is 0.312. The molecule has 0 bridgehead atoms. The van der Waals surface area contributed by atoms with Crippen LogP contribution in [0.5, 0.6) is 0 Å². The van der Waals surface area contributed by atoms with Gasteiger partial charge in [0.15, 0.2) is 5.16 Å². The van der Waals surface area contributed by atoms with Crippen LogP contribution < -0.4 is 11.1 Å². The van der Waals surface area contributed by atoms with Gasteiger partial charge in [-0.05, 0) is 32.2 Å². The number of imidazole rings is 1. The van der Waals surface area contributed by atoms with Gasteiger partial charge in [0.1, 0.15) is 5.69 Å². The highest BCUT2D eigenvalue weighted by Gasteiger charge is 2.26. The summed E-state index contributed by atoms with van der Waals surface area (Å²) >= 11 is 1.45. The lowest BCUT2D eigenvalue weighted by molar-refractivity contribution is -0.125. The second-order valence-corrected chi connectivity index (χ2v) is 6.51. The number of amides is 2. The van der Waals surface area contributed by atoms with E-state index in [1.807, 2.05) is 36.6 Å². The SMILES string of the molecule is CSc1ncc(C(=O)NCC(C)(C)C(N)=O)n1-c1ccccc1. The third-order valence-electron chi connectivity index (χ3n) is 3.52. The fourth-order valence-corrected chi connectivity index (χ4v) is 2.49. The van der Waals surface area contributed by atoms with E-state index < -0.39 is 11.3 Å². The Hall–Kier alpha value is -2.28. The lowest BCUT2D eigenvalue weighted by Crippen LogP contribution is -2.42. The Kier molecular flexibility index (Phi) is 5.10. The minimum absolute atomic E-state index is 0.162. The van der Waals surface area contributed by atoms with Gasteiger partial charge in [0.2, 0.25) is 5.91 Å². The van der Waals surface area contributed by atoms with E-state index in [9.17, 15) is 9.59 Å². The van der Waals surface area contributed by atoms with Crippen LogP contribution in [0.15, 0.2) is 41.7 Å². The molecule has 0 radical (unpaired) electrons. The van der Waals surface area contributed by atoms with Gasteiger partial charge in [-0.1, -0.05) is 30.0 Å². The maximum Gasteiger partial charge on any atom is 0.269 e. The zero-order chi connectivity index (χ0) is 17.0. The molecule has 1 heterocycles. The molecule has 0 saturated carbocycles. The largest absolute Gasteiger partial charge is 0.369 e. The van der Waals surface area contributed by atoms with Gasteiger partial charge >= 0.3 is 0 Å². The van der Waals surface area contributed by atoms with Gasteiger partial charge in [0, 0.05) is 12.2 Å². The van der Waals surface area contributed by atoms with Crippen molar-refractivity contribution in [3.05, 3.63) is 42.2 Å². The number of carbonyl (C=O) groups excluding carboxylic acids is 2. The third kappa shape index (κ3) is 3.73. The monoisotopic (exact) mass is 332 g/mol. The first kappa shape index (κ1) is 17.1. The predicted octanol–water partition coefficient (Wildman–Crippen LogP) is 1.84. The van der Waals surface area contributed by atoms with Crippen LogP contribution in [0, 0.1) is 5.41 Å². The third-order valence-corrected chi connectivity index (χ3v) is 4.17. The lowest BCUT2D eigenvalue weighted by Gasteiger charge is -2.21. The van der Waals surface area contributed by atoms with Crippen LogP contribution in [0.4, 0.5) is 0 Å². The molecule has 0 aliphatic rings. The van der Waals surface area contributed by atoms with E-state index >= 15 is 0 Å². The molecule has 0 atom stereocenters. The van der Waals surface area contributed by atoms with Crippen LogP contribution in [0.25, 0.3) is 5.69 Å². The van der Waals surface area contributed by atoms with E-state index in [0.717, 1.165) is 10.8 Å². The van der Waals surface area contributed by atoms with Gasteiger partial charge < -0.3 is 11.1 Å². The summed E-state index contributed by atoms with van der Waals surface area (Å²) < 4.78 is 1.79. The quantitative estimate of drug-likeness (QED) is 0.790. The van der Waals surface area contributed by atoms with Gasteiger partial charge in [-0.3, -0.25) is 14.2 Å². The minimum atomic E-state index is -0.810. The average molecular weight is 332 g/mol. The highest BCUT2D eigenvalue weighted by molar-refractivity contribution is 7.98. The second kappa shape index (κ2) is 6.87. The highest BCUT2D eigenvalue weighted by atomic mass is 32.2. The van der Waals surface area contributed by atoms with E-state index in [0.29, 0.717) is 5.69 Å². The summed E-state index contributed by atoms with van der Waals surface area (Å²) in [6, 6.07) is 9.53. The van der Waals surface area contributed by atoms with Gasteiger partial charge in [0.25, 0.3) is 5.91 Å². The van der Waals surface area contributed by atoms with Crippen molar-refractivity contribution in [3.8, 4) is 5.69 Å². The first-order valence-electron chi connectivity index (χ1n) is 7.12. The Bertz CT molecular complexity index is 710. The Labute approximate surface area is 139 Å². The number of benzene rings is 1. The van der Waals surface area contributed by atoms with E-state index in [2.05, 4.69) is 10.3 Å². The minimum Gasteiger partial charge on any atom is -0.369 e. The number of carbonyl (C=O) groups is 2. The summed E-state index contributed by atoms with van der Waals surface area (Å²) in [6.45, 7) is 3.55. The van der Waals surface area contributed by atoms with E-state index in [1.54, 1.807) is 18.4 Å². The van der Waals surface area contributed by atoms with Gasteiger partial charge in [-0.2, -0.15) is 0 Å². The molecular weight excluding hydrogens is 312 g/mol. The normalized spacial score (nSPS) is 11.3. The number of nitrogens with zero attached hydrogens (tertiary/aromatic N) is 2. The summed E-state index contributed by atoms with van der Waals surface area (Å²) in [5.74, 6) is -0.754. The first-order chi connectivity index (χ1) is 10.9. The number of hydrogen-bond acceptors (Lipinski definition) is 4. The number of aromatic nitrogens is 2. The van der Waals surface area contributed by atoms with E-state index in [1.165, 1.54) is 18.0 Å². The molecule has 1 aromatic carbocycles. The summed E-state index contributed by atoms with van der Waals surface area (Å²) in [5, 5.41) is 3.48. The number of thioether (sulfide) groups is 1.